The van der Waals surface area contributed by atoms with Gasteiger partial charge in [0.05, 0.1) is 0 Å². The number of carbonyl (C=O) groups is 1. The summed E-state index contributed by atoms with van der Waals surface area (Å²) < 4.78 is 0. The van der Waals surface area contributed by atoms with Crippen molar-refractivity contribution in [3.63, 3.8) is 0 Å². The zero-order chi connectivity index (χ0) is 12.7. The Morgan fingerprint density at radius 1 is 1.28 bits per heavy atom. The molecule has 1 amide bonds. The van der Waals surface area contributed by atoms with Crippen LogP contribution in [-0.2, 0) is 0 Å². The van der Waals surface area contributed by atoms with Gasteiger partial charge in [-0.05, 0) is 42.8 Å². The maximum atomic E-state index is 12.0. The quantitative estimate of drug-likeness (QED) is 0.849. The first-order valence-corrected chi connectivity index (χ1v) is 6.18. The summed E-state index contributed by atoms with van der Waals surface area (Å²) >= 11 is 0. The molecule has 0 atom stereocenters. The topological polar surface area (TPSA) is 49.3 Å². The summed E-state index contributed by atoms with van der Waals surface area (Å²) in [6.45, 7) is 1.98. The van der Waals surface area contributed by atoms with Crippen molar-refractivity contribution in [1.82, 2.24) is 5.32 Å². The predicted molar refractivity (Wildman–Crippen MR) is 70.8 cm³/mol. The third-order valence-electron chi connectivity index (χ3n) is 3.37. The average molecular weight is 241 g/mol. The third kappa shape index (κ3) is 1.92. The van der Waals surface area contributed by atoms with Gasteiger partial charge in [0.25, 0.3) is 5.91 Å². The van der Waals surface area contributed by atoms with E-state index in [4.69, 9.17) is 0 Å². The molecule has 0 saturated heterocycles. The summed E-state index contributed by atoms with van der Waals surface area (Å²) in [6.07, 6.45) is 2.12. The predicted octanol–water partition coefficient (Wildman–Crippen LogP) is 2.75. The maximum Gasteiger partial charge on any atom is 0.251 e. The van der Waals surface area contributed by atoms with Gasteiger partial charge in [-0.2, -0.15) is 0 Å². The van der Waals surface area contributed by atoms with Crippen molar-refractivity contribution >= 4 is 16.7 Å². The van der Waals surface area contributed by atoms with Gasteiger partial charge >= 0.3 is 0 Å². The van der Waals surface area contributed by atoms with Crippen LogP contribution in [0.4, 0.5) is 0 Å². The fraction of sp³-hybridized carbons (Fsp3) is 0.267. The lowest BCUT2D eigenvalue weighted by Gasteiger charge is -2.08. The first-order chi connectivity index (χ1) is 8.65. The number of amides is 1. The molecule has 18 heavy (non-hydrogen) atoms. The van der Waals surface area contributed by atoms with Gasteiger partial charge in [0, 0.05) is 17.0 Å². The second kappa shape index (κ2) is 4.02. The van der Waals surface area contributed by atoms with Gasteiger partial charge < -0.3 is 10.4 Å². The van der Waals surface area contributed by atoms with E-state index in [9.17, 15) is 9.90 Å². The van der Waals surface area contributed by atoms with Crippen molar-refractivity contribution in [1.29, 1.82) is 0 Å². The fourth-order valence-corrected chi connectivity index (χ4v) is 2.15. The molecule has 0 radical (unpaired) electrons. The molecule has 2 aromatic carbocycles. The standard InChI is InChI=1S/C15H15NO2/c1-9-3-2-4-12-13(9)7-10(8-14(12)17)15(18)16-11-5-6-11/h2-4,7-8,11,17H,5-6H2,1H3,(H,16,18). The second-order valence-corrected chi connectivity index (χ2v) is 4.91. The third-order valence-corrected chi connectivity index (χ3v) is 3.37. The molecular weight excluding hydrogens is 226 g/mol. The van der Waals surface area contributed by atoms with Crippen LogP contribution in [0, 0.1) is 6.92 Å². The maximum absolute atomic E-state index is 12.0. The molecule has 0 aromatic heterocycles. The van der Waals surface area contributed by atoms with Gasteiger partial charge in [0.1, 0.15) is 5.75 Å². The Morgan fingerprint density at radius 3 is 2.78 bits per heavy atom. The molecule has 0 heterocycles. The van der Waals surface area contributed by atoms with Crippen LogP contribution in [0.3, 0.4) is 0 Å². The minimum absolute atomic E-state index is 0.0991. The first kappa shape index (κ1) is 11.1. The van der Waals surface area contributed by atoms with E-state index in [1.165, 1.54) is 0 Å². The summed E-state index contributed by atoms with van der Waals surface area (Å²) in [6, 6.07) is 9.46. The van der Waals surface area contributed by atoms with E-state index >= 15 is 0 Å². The lowest BCUT2D eigenvalue weighted by molar-refractivity contribution is 0.0951. The van der Waals surface area contributed by atoms with E-state index in [-0.39, 0.29) is 11.7 Å². The smallest absolute Gasteiger partial charge is 0.251 e. The molecular formula is C15H15NO2. The Balaban J connectivity index is 2.07. The van der Waals surface area contributed by atoms with E-state index in [1.54, 1.807) is 6.07 Å². The molecule has 1 saturated carbocycles. The number of carbonyl (C=O) groups excluding carboxylic acids is 1. The van der Waals surface area contributed by atoms with Crippen LogP contribution in [0.1, 0.15) is 28.8 Å². The Kier molecular flexibility index (Phi) is 2.47. The number of aryl methyl sites for hydroxylation is 1. The van der Waals surface area contributed by atoms with Crippen molar-refractivity contribution in [2.24, 2.45) is 0 Å². The van der Waals surface area contributed by atoms with Crippen molar-refractivity contribution in [3.05, 3.63) is 41.5 Å². The van der Waals surface area contributed by atoms with E-state index in [2.05, 4.69) is 5.32 Å². The van der Waals surface area contributed by atoms with Crippen LogP contribution in [0.5, 0.6) is 5.75 Å². The van der Waals surface area contributed by atoms with E-state index in [1.807, 2.05) is 31.2 Å². The number of aromatic hydroxyl groups is 1. The molecule has 92 valence electrons. The number of phenols is 1. The molecule has 1 fully saturated rings. The van der Waals surface area contributed by atoms with Gasteiger partial charge in [-0.15, -0.1) is 0 Å². The zero-order valence-electron chi connectivity index (χ0n) is 10.2. The van der Waals surface area contributed by atoms with Gasteiger partial charge in [0.15, 0.2) is 0 Å². The molecule has 2 aromatic rings. The fourth-order valence-electron chi connectivity index (χ4n) is 2.15. The normalized spacial score (nSPS) is 14.7. The highest BCUT2D eigenvalue weighted by atomic mass is 16.3. The number of hydrogen-bond acceptors (Lipinski definition) is 2. The van der Waals surface area contributed by atoms with E-state index < -0.39 is 0 Å². The number of benzene rings is 2. The lowest BCUT2D eigenvalue weighted by Crippen LogP contribution is -2.25. The Morgan fingerprint density at radius 2 is 2.06 bits per heavy atom. The van der Waals surface area contributed by atoms with Gasteiger partial charge in [0.2, 0.25) is 0 Å². The number of phenolic OH excluding ortho intramolecular Hbond substituents is 1. The highest BCUT2D eigenvalue weighted by Gasteiger charge is 2.24. The lowest BCUT2D eigenvalue weighted by atomic mass is 10.0. The first-order valence-electron chi connectivity index (χ1n) is 6.18. The molecule has 0 aliphatic heterocycles. The largest absolute Gasteiger partial charge is 0.507 e. The van der Waals surface area contributed by atoms with Crippen LogP contribution in [-0.4, -0.2) is 17.1 Å². The molecule has 1 aliphatic carbocycles. The second-order valence-electron chi connectivity index (χ2n) is 4.91. The van der Waals surface area contributed by atoms with Gasteiger partial charge in [-0.1, -0.05) is 18.2 Å². The van der Waals surface area contributed by atoms with Crippen LogP contribution in [0.25, 0.3) is 10.8 Å². The monoisotopic (exact) mass is 241 g/mol. The van der Waals surface area contributed by atoms with Crippen LogP contribution >= 0.6 is 0 Å². The Labute approximate surface area is 105 Å². The van der Waals surface area contributed by atoms with Crippen molar-refractivity contribution < 1.29 is 9.90 Å². The SMILES string of the molecule is Cc1cccc2c(O)cc(C(=O)NC3CC3)cc12. The highest BCUT2D eigenvalue weighted by molar-refractivity contribution is 6.01. The zero-order valence-corrected chi connectivity index (χ0v) is 10.2. The summed E-state index contributed by atoms with van der Waals surface area (Å²) in [4.78, 5) is 12.0. The van der Waals surface area contributed by atoms with Crippen LogP contribution in [0.15, 0.2) is 30.3 Å². The van der Waals surface area contributed by atoms with Gasteiger partial charge in [-0.3, -0.25) is 4.79 Å². The number of hydrogen-bond donors (Lipinski definition) is 2. The molecule has 3 nitrogen and oxygen atoms in total. The van der Waals surface area contributed by atoms with Crippen molar-refractivity contribution in [2.45, 2.75) is 25.8 Å². The molecule has 3 rings (SSSR count). The van der Waals surface area contributed by atoms with Crippen molar-refractivity contribution in [3.8, 4) is 5.75 Å². The summed E-state index contributed by atoms with van der Waals surface area (Å²) in [5.41, 5.74) is 1.59. The minimum atomic E-state index is -0.0991. The average Bonchev–Trinajstić information content (AvgIpc) is 3.14. The van der Waals surface area contributed by atoms with E-state index in [0.717, 1.165) is 29.2 Å². The molecule has 0 unspecified atom stereocenters. The van der Waals surface area contributed by atoms with Crippen molar-refractivity contribution in [2.75, 3.05) is 0 Å². The highest BCUT2D eigenvalue weighted by Crippen LogP contribution is 2.29. The molecule has 2 N–H and O–H groups in total. The number of rotatable bonds is 2. The van der Waals surface area contributed by atoms with Crippen LogP contribution in [0.2, 0.25) is 0 Å². The van der Waals surface area contributed by atoms with Gasteiger partial charge in [-0.25, -0.2) is 0 Å². The Bertz CT molecular complexity index is 630. The summed E-state index contributed by atoms with van der Waals surface area (Å²) in [5, 5.41) is 14.6. The number of nitrogens with one attached hydrogen (secondary N) is 1. The molecule has 0 bridgehead atoms. The van der Waals surface area contributed by atoms with E-state index in [0.29, 0.717) is 11.6 Å². The number of fused-ring (bicyclic) bond motifs is 1. The summed E-state index contributed by atoms with van der Waals surface area (Å²) in [5.74, 6) is 0.0649. The summed E-state index contributed by atoms with van der Waals surface area (Å²) in [7, 11) is 0. The van der Waals surface area contributed by atoms with Crippen LogP contribution < -0.4 is 5.32 Å². The Hall–Kier alpha value is -2.03. The molecule has 0 spiro atoms. The molecule has 1 aliphatic rings. The molecule has 3 heteroatoms. The minimum Gasteiger partial charge on any atom is -0.507 e.